The number of unbranched alkanes of at least 4 members (excludes halogenated alkanes) is 1. The summed E-state index contributed by atoms with van der Waals surface area (Å²) < 4.78 is 5.54. The van der Waals surface area contributed by atoms with Gasteiger partial charge in [-0.05, 0) is 49.6 Å². The first kappa shape index (κ1) is 19.3. The number of amides is 1. The smallest absolute Gasteiger partial charge is 0.266 e. The van der Waals surface area contributed by atoms with Gasteiger partial charge in [0.1, 0.15) is 17.4 Å². The van der Waals surface area contributed by atoms with E-state index in [4.69, 9.17) is 4.74 Å². The van der Waals surface area contributed by atoms with E-state index in [2.05, 4.69) is 12.2 Å². The molecule has 0 aliphatic carbocycles. The lowest BCUT2D eigenvalue weighted by atomic mass is 10.1. The summed E-state index contributed by atoms with van der Waals surface area (Å²) in [4.78, 5) is 12.4. The average Bonchev–Trinajstić information content (AvgIpc) is 2.67. The molecule has 0 aliphatic heterocycles. The first-order chi connectivity index (χ1) is 12.7. The van der Waals surface area contributed by atoms with Gasteiger partial charge in [0.15, 0.2) is 0 Å². The molecule has 0 aromatic heterocycles. The molecule has 1 N–H and O–H groups in total. The summed E-state index contributed by atoms with van der Waals surface area (Å²) in [7, 11) is 0. The number of nitrogens with zero attached hydrogens (tertiary/aromatic N) is 1. The molecular weight excluding hydrogens is 324 g/mol. The molecule has 134 valence electrons. The molecular formula is C22H24N2O2. The van der Waals surface area contributed by atoms with Crippen molar-refractivity contribution in [2.45, 2.75) is 33.1 Å². The van der Waals surface area contributed by atoms with Crippen molar-refractivity contribution in [1.29, 1.82) is 5.26 Å². The van der Waals surface area contributed by atoms with Gasteiger partial charge in [-0.2, -0.15) is 5.26 Å². The van der Waals surface area contributed by atoms with Crippen molar-refractivity contribution in [3.63, 3.8) is 0 Å². The molecule has 4 heteroatoms. The van der Waals surface area contributed by atoms with Gasteiger partial charge in [0.2, 0.25) is 0 Å². The molecule has 0 fully saturated rings. The third-order valence-corrected chi connectivity index (χ3v) is 3.91. The summed E-state index contributed by atoms with van der Waals surface area (Å²) in [5, 5.41) is 12.2. The lowest BCUT2D eigenvalue weighted by Crippen LogP contribution is -2.13. The fraction of sp³-hybridized carbons (Fsp3) is 0.273. The van der Waals surface area contributed by atoms with Crippen molar-refractivity contribution in [3.8, 4) is 11.8 Å². The number of hydrogen-bond donors (Lipinski definition) is 1. The van der Waals surface area contributed by atoms with Crippen LogP contribution in [0.2, 0.25) is 0 Å². The molecule has 0 spiro atoms. The number of rotatable bonds is 8. The second kappa shape index (κ2) is 10.0. The van der Waals surface area contributed by atoms with Crippen LogP contribution >= 0.6 is 0 Å². The molecule has 0 aliphatic rings. The number of nitrogens with one attached hydrogen (secondary N) is 1. The molecule has 0 radical (unpaired) electrons. The van der Waals surface area contributed by atoms with E-state index >= 15 is 0 Å². The van der Waals surface area contributed by atoms with E-state index in [9.17, 15) is 10.1 Å². The first-order valence-corrected chi connectivity index (χ1v) is 8.91. The third-order valence-electron chi connectivity index (χ3n) is 3.91. The van der Waals surface area contributed by atoms with Gasteiger partial charge in [0, 0.05) is 11.3 Å². The van der Waals surface area contributed by atoms with Crippen molar-refractivity contribution in [1.82, 2.24) is 0 Å². The molecule has 2 aromatic carbocycles. The second-order valence-electron chi connectivity index (χ2n) is 5.90. The lowest BCUT2D eigenvalue weighted by molar-refractivity contribution is -0.112. The highest BCUT2D eigenvalue weighted by atomic mass is 16.5. The van der Waals surface area contributed by atoms with Crippen LogP contribution in [-0.2, 0) is 11.2 Å². The fourth-order valence-electron chi connectivity index (χ4n) is 2.52. The van der Waals surface area contributed by atoms with Gasteiger partial charge in [-0.25, -0.2) is 0 Å². The van der Waals surface area contributed by atoms with Gasteiger partial charge in [0.25, 0.3) is 5.91 Å². The minimum Gasteiger partial charge on any atom is -0.493 e. The Morgan fingerprint density at radius 2 is 1.88 bits per heavy atom. The van der Waals surface area contributed by atoms with Crippen molar-refractivity contribution >= 4 is 17.7 Å². The number of anilines is 1. The summed E-state index contributed by atoms with van der Waals surface area (Å²) in [6.45, 7) is 4.57. The normalized spacial score (nSPS) is 10.9. The summed E-state index contributed by atoms with van der Waals surface area (Å²) in [5.74, 6) is 0.218. The highest BCUT2D eigenvalue weighted by molar-refractivity contribution is 6.09. The first-order valence-electron chi connectivity index (χ1n) is 8.91. The largest absolute Gasteiger partial charge is 0.493 e. The molecule has 4 nitrogen and oxygen atoms in total. The van der Waals surface area contributed by atoms with Gasteiger partial charge in [-0.3, -0.25) is 4.79 Å². The number of para-hydroxylation sites is 1. The molecule has 26 heavy (non-hydrogen) atoms. The van der Waals surface area contributed by atoms with E-state index < -0.39 is 5.91 Å². The molecule has 1 amide bonds. The highest BCUT2D eigenvalue weighted by Crippen LogP contribution is 2.21. The van der Waals surface area contributed by atoms with Crippen molar-refractivity contribution in [3.05, 3.63) is 65.2 Å². The second-order valence-corrected chi connectivity index (χ2v) is 5.90. The van der Waals surface area contributed by atoms with Crippen molar-refractivity contribution in [2.24, 2.45) is 0 Å². The number of carbonyl (C=O) groups excluding carboxylic acids is 1. The Hall–Kier alpha value is -3.06. The van der Waals surface area contributed by atoms with Gasteiger partial charge >= 0.3 is 0 Å². The van der Waals surface area contributed by atoms with Crippen LogP contribution in [0.3, 0.4) is 0 Å². The zero-order valence-electron chi connectivity index (χ0n) is 15.3. The van der Waals surface area contributed by atoms with Gasteiger partial charge < -0.3 is 10.1 Å². The van der Waals surface area contributed by atoms with E-state index in [1.807, 2.05) is 61.5 Å². The summed E-state index contributed by atoms with van der Waals surface area (Å²) in [5.41, 5.74) is 2.66. The average molecular weight is 348 g/mol. The number of nitriles is 1. The third kappa shape index (κ3) is 5.49. The Labute approximate surface area is 155 Å². The predicted molar refractivity (Wildman–Crippen MR) is 105 cm³/mol. The van der Waals surface area contributed by atoms with Crippen LogP contribution in [0.1, 0.15) is 37.8 Å². The van der Waals surface area contributed by atoms with Gasteiger partial charge in [-0.1, -0.05) is 43.7 Å². The van der Waals surface area contributed by atoms with E-state index in [1.54, 1.807) is 6.08 Å². The van der Waals surface area contributed by atoms with Crippen LogP contribution in [0.4, 0.5) is 5.69 Å². The standard InChI is InChI=1S/C22H24N2O2/c1-3-5-8-17-11-13-20(14-12-17)24-22(25)19(16-23)15-18-9-6-7-10-21(18)26-4-2/h6-7,9-15H,3-5,8H2,1-2H3,(H,24,25)/b19-15-. The monoisotopic (exact) mass is 348 g/mol. The van der Waals surface area contributed by atoms with Crippen LogP contribution in [0.15, 0.2) is 54.1 Å². The maximum Gasteiger partial charge on any atom is 0.266 e. The summed E-state index contributed by atoms with van der Waals surface area (Å²) in [6, 6.07) is 17.1. The minimum absolute atomic E-state index is 0.0345. The predicted octanol–water partition coefficient (Wildman–Crippen LogP) is 4.97. The summed E-state index contributed by atoms with van der Waals surface area (Å²) in [6.07, 6.45) is 4.88. The zero-order chi connectivity index (χ0) is 18.8. The van der Waals surface area contributed by atoms with Crippen LogP contribution < -0.4 is 10.1 Å². The Morgan fingerprint density at radius 3 is 2.54 bits per heavy atom. The van der Waals surface area contributed by atoms with Crippen LogP contribution in [-0.4, -0.2) is 12.5 Å². The maximum atomic E-state index is 12.4. The number of hydrogen-bond acceptors (Lipinski definition) is 3. The van der Waals surface area contributed by atoms with Crippen LogP contribution in [0, 0.1) is 11.3 Å². The van der Waals surface area contributed by atoms with Gasteiger partial charge in [0.05, 0.1) is 6.61 Å². The van der Waals surface area contributed by atoms with E-state index in [-0.39, 0.29) is 5.57 Å². The van der Waals surface area contributed by atoms with Crippen molar-refractivity contribution < 1.29 is 9.53 Å². The molecule has 0 saturated carbocycles. The minimum atomic E-state index is -0.430. The Bertz CT molecular complexity index is 802. The lowest BCUT2D eigenvalue weighted by Gasteiger charge is -2.08. The molecule has 0 unspecified atom stereocenters. The Morgan fingerprint density at radius 1 is 1.15 bits per heavy atom. The topological polar surface area (TPSA) is 62.1 Å². The van der Waals surface area contributed by atoms with Gasteiger partial charge in [-0.15, -0.1) is 0 Å². The SMILES string of the molecule is CCCCc1ccc(NC(=O)/C(C#N)=C\c2ccccc2OCC)cc1. The van der Waals surface area contributed by atoms with E-state index in [0.717, 1.165) is 19.3 Å². The molecule has 2 aromatic rings. The number of aryl methyl sites for hydroxylation is 1. The maximum absolute atomic E-state index is 12.4. The quantitative estimate of drug-likeness (QED) is 0.541. The molecule has 0 saturated heterocycles. The Kier molecular flexibility index (Phi) is 7.45. The van der Waals surface area contributed by atoms with Crippen LogP contribution in [0.25, 0.3) is 6.08 Å². The highest BCUT2D eigenvalue weighted by Gasteiger charge is 2.11. The van der Waals surface area contributed by atoms with E-state index in [1.165, 1.54) is 5.56 Å². The molecule has 2 rings (SSSR count). The van der Waals surface area contributed by atoms with Crippen molar-refractivity contribution in [2.75, 3.05) is 11.9 Å². The molecule has 0 heterocycles. The molecule has 0 atom stereocenters. The molecule has 0 bridgehead atoms. The number of benzene rings is 2. The summed E-state index contributed by atoms with van der Waals surface area (Å²) >= 11 is 0. The zero-order valence-corrected chi connectivity index (χ0v) is 15.3. The fourth-order valence-corrected chi connectivity index (χ4v) is 2.52. The van der Waals surface area contributed by atoms with E-state index in [0.29, 0.717) is 23.6 Å². The number of ether oxygens (including phenoxy) is 1. The van der Waals surface area contributed by atoms with Crippen LogP contribution in [0.5, 0.6) is 5.75 Å². The Balaban J connectivity index is 2.13. The number of carbonyl (C=O) groups is 1.